The summed E-state index contributed by atoms with van der Waals surface area (Å²) in [4.78, 5) is 13.9. The molecule has 2 heterocycles. The second-order valence-corrected chi connectivity index (χ2v) is 5.44. The number of aryl methyl sites for hydroxylation is 1. The van der Waals surface area contributed by atoms with Crippen LogP contribution in [0.1, 0.15) is 38.6 Å². The summed E-state index contributed by atoms with van der Waals surface area (Å²) in [6, 6.07) is 0.630. The second kappa shape index (κ2) is 6.39. The third kappa shape index (κ3) is 2.87. The first kappa shape index (κ1) is 15.0. The fraction of sp³-hybridized carbons (Fsp3) is 0.733. The van der Waals surface area contributed by atoms with Gasteiger partial charge in [0.2, 0.25) is 0 Å². The molecule has 0 amide bonds. The summed E-state index contributed by atoms with van der Waals surface area (Å²) in [6.45, 7) is 12.9. The highest BCUT2D eigenvalue weighted by Gasteiger charge is 2.28. The molecule has 0 radical (unpaired) electrons. The number of nitrogen functional groups attached to an aromatic ring is 1. The van der Waals surface area contributed by atoms with E-state index in [1.54, 1.807) is 0 Å². The molecule has 0 saturated carbocycles. The van der Waals surface area contributed by atoms with Crippen molar-refractivity contribution in [1.82, 2.24) is 14.9 Å². The van der Waals surface area contributed by atoms with Gasteiger partial charge in [0.25, 0.3) is 0 Å². The van der Waals surface area contributed by atoms with Gasteiger partial charge in [-0.1, -0.05) is 20.8 Å². The summed E-state index contributed by atoms with van der Waals surface area (Å²) in [5, 5.41) is 0. The molecule has 1 aromatic rings. The van der Waals surface area contributed by atoms with E-state index in [-0.39, 0.29) is 0 Å². The summed E-state index contributed by atoms with van der Waals surface area (Å²) in [6.07, 6.45) is 2.03. The normalized spacial score (nSPS) is 19.1. The van der Waals surface area contributed by atoms with Crippen molar-refractivity contribution in [3.63, 3.8) is 0 Å². The van der Waals surface area contributed by atoms with Crippen molar-refractivity contribution >= 4 is 11.6 Å². The van der Waals surface area contributed by atoms with Crippen LogP contribution in [-0.4, -0.2) is 47.1 Å². The molecule has 2 rings (SSSR count). The Labute approximate surface area is 122 Å². The van der Waals surface area contributed by atoms with Crippen LogP contribution < -0.4 is 10.6 Å². The van der Waals surface area contributed by atoms with Crippen LogP contribution in [0.5, 0.6) is 0 Å². The summed E-state index contributed by atoms with van der Waals surface area (Å²) >= 11 is 0. The number of anilines is 2. The number of aromatic nitrogens is 2. The smallest absolute Gasteiger partial charge is 0.137 e. The van der Waals surface area contributed by atoms with E-state index in [4.69, 9.17) is 10.7 Å². The monoisotopic (exact) mass is 277 g/mol. The maximum absolute atomic E-state index is 6.02. The first-order valence-electron chi connectivity index (χ1n) is 7.72. The van der Waals surface area contributed by atoms with Gasteiger partial charge in [-0.15, -0.1) is 0 Å². The topological polar surface area (TPSA) is 58.3 Å². The minimum absolute atomic E-state index is 0.623. The predicted octanol–water partition coefficient (Wildman–Crippen LogP) is 1.85. The zero-order valence-electron chi connectivity index (χ0n) is 13.2. The summed E-state index contributed by atoms with van der Waals surface area (Å²) < 4.78 is 0. The molecule has 0 spiro atoms. The molecule has 2 N–H and O–H groups in total. The molecule has 1 aromatic heterocycles. The fourth-order valence-corrected chi connectivity index (χ4v) is 3.01. The number of nitrogens with zero attached hydrogens (tertiary/aromatic N) is 4. The van der Waals surface area contributed by atoms with Gasteiger partial charge in [0.05, 0.1) is 0 Å². The van der Waals surface area contributed by atoms with Gasteiger partial charge in [-0.25, -0.2) is 9.97 Å². The van der Waals surface area contributed by atoms with Crippen LogP contribution >= 0.6 is 0 Å². The Balaban J connectivity index is 2.19. The van der Waals surface area contributed by atoms with Crippen molar-refractivity contribution in [2.75, 3.05) is 36.8 Å². The van der Waals surface area contributed by atoms with E-state index in [2.05, 4.69) is 35.6 Å². The largest absolute Gasteiger partial charge is 0.383 e. The molecule has 1 unspecified atom stereocenters. The van der Waals surface area contributed by atoms with Crippen LogP contribution in [0.15, 0.2) is 0 Å². The zero-order valence-corrected chi connectivity index (χ0v) is 13.2. The highest BCUT2D eigenvalue weighted by Crippen LogP contribution is 2.26. The Kier molecular flexibility index (Phi) is 4.81. The van der Waals surface area contributed by atoms with Gasteiger partial charge in [-0.05, 0) is 26.4 Å². The highest BCUT2D eigenvalue weighted by atomic mass is 15.3. The number of rotatable bonds is 5. The van der Waals surface area contributed by atoms with E-state index in [1.807, 2.05) is 6.92 Å². The molecule has 1 aliphatic rings. The summed E-state index contributed by atoms with van der Waals surface area (Å²) in [7, 11) is 0. The minimum Gasteiger partial charge on any atom is -0.383 e. The molecule has 112 valence electrons. The van der Waals surface area contributed by atoms with E-state index in [0.717, 1.165) is 49.8 Å². The molecule has 1 aliphatic heterocycles. The van der Waals surface area contributed by atoms with Crippen LogP contribution in [-0.2, 0) is 6.42 Å². The van der Waals surface area contributed by atoms with Gasteiger partial charge in [0.15, 0.2) is 0 Å². The molecule has 5 nitrogen and oxygen atoms in total. The van der Waals surface area contributed by atoms with E-state index >= 15 is 0 Å². The molecular weight excluding hydrogens is 250 g/mol. The Morgan fingerprint density at radius 3 is 2.55 bits per heavy atom. The van der Waals surface area contributed by atoms with E-state index in [1.165, 1.54) is 6.42 Å². The maximum atomic E-state index is 6.02. The van der Waals surface area contributed by atoms with Crippen molar-refractivity contribution in [1.29, 1.82) is 0 Å². The third-order valence-electron chi connectivity index (χ3n) is 4.31. The molecule has 20 heavy (non-hydrogen) atoms. The molecule has 1 saturated heterocycles. The first-order valence-corrected chi connectivity index (χ1v) is 7.72. The van der Waals surface area contributed by atoms with Gasteiger partial charge in [-0.3, -0.25) is 4.90 Å². The number of likely N-dealkylation sites (N-methyl/N-ethyl adjacent to an activating group) is 1. The lowest BCUT2D eigenvalue weighted by Gasteiger charge is -2.27. The van der Waals surface area contributed by atoms with Crippen molar-refractivity contribution in [2.24, 2.45) is 0 Å². The van der Waals surface area contributed by atoms with E-state index in [9.17, 15) is 0 Å². The number of nitrogens with two attached hydrogens (primary N) is 1. The molecule has 5 heteroatoms. The van der Waals surface area contributed by atoms with Crippen LogP contribution in [0, 0.1) is 6.92 Å². The van der Waals surface area contributed by atoms with Crippen molar-refractivity contribution < 1.29 is 0 Å². The van der Waals surface area contributed by atoms with Crippen LogP contribution in [0.25, 0.3) is 0 Å². The van der Waals surface area contributed by atoms with E-state index in [0.29, 0.717) is 11.9 Å². The average Bonchev–Trinajstić information content (AvgIpc) is 2.92. The minimum atomic E-state index is 0.623. The Hall–Kier alpha value is -1.36. The van der Waals surface area contributed by atoms with Crippen molar-refractivity contribution in [2.45, 2.75) is 46.6 Å². The van der Waals surface area contributed by atoms with Crippen LogP contribution in [0.2, 0.25) is 0 Å². The average molecular weight is 277 g/mol. The van der Waals surface area contributed by atoms with Gasteiger partial charge >= 0.3 is 0 Å². The molecule has 1 fully saturated rings. The van der Waals surface area contributed by atoms with Gasteiger partial charge in [-0.2, -0.15) is 0 Å². The molecule has 0 aliphatic carbocycles. The lowest BCUT2D eigenvalue weighted by Crippen LogP contribution is -2.37. The quantitative estimate of drug-likeness (QED) is 0.890. The van der Waals surface area contributed by atoms with Crippen LogP contribution in [0.4, 0.5) is 11.6 Å². The SMILES string of the molecule is CCc1nc(N)c(C)c(N2CCC(N(CC)CC)C2)n1. The lowest BCUT2D eigenvalue weighted by atomic mass is 10.2. The molecule has 0 aromatic carbocycles. The maximum Gasteiger partial charge on any atom is 0.137 e. The Morgan fingerprint density at radius 1 is 1.25 bits per heavy atom. The number of hydrogen-bond donors (Lipinski definition) is 1. The lowest BCUT2D eigenvalue weighted by molar-refractivity contribution is 0.232. The number of hydrogen-bond acceptors (Lipinski definition) is 5. The first-order chi connectivity index (χ1) is 9.60. The molecule has 0 bridgehead atoms. The van der Waals surface area contributed by atoms with Crippen LogP contribution in [0.3, 0.4) is 0 Å². The van der Waals surface area contributed by atoms with E-state index < -0.39 is 0 Å². The zero-order chi connectivity index (χ0) is 14.7. The third-order valence-corrected chi connectivity index (χ3v) is 4.31. The summed E-state index contributed by atoms with van der Waals surface area (Å²) in [5.41, 5.74) is 7.04. The predicted molar refractivity (Wildman–Crippen MR) is 84.1 cm³/mol. The summed E-state index contributed by atoms with van der Waals surface area (Å²) in [5.74, 6) is 2.50. The fourth-order valence-electron chi connectivity index (χ4n) is 3.01. The van der Waals surface area contributed by atoms with Crippen molar-refractivity contribution in [3.05, 3.63) is 11.4 Å². The Bertz CT molecular complexity index is 456. The van der Waals surface area contributed by atoms with Gasteiger partial charge in [0.1, 0.15) is 17.5 Å². The van der Waals surface area contributed by atoms with Gasteiger partial charge < -0.3 is 10.6 Å². The Morgan fingerprint density at radius 2 is 1.95 bits per heavy atom. The highest BCUT2D eigenvalue weighted by molar-refractivity contribution is 5.57. The molecule has 1 atom stereocenters. The van der Waals surface area contributed by atoms with Gasteiger partial charge in [0, 0.05) is 31.1 Å². The second-order valence-electron chi connectivity index (χ2n) is 5.44. The standard InChI is InChI=1S/C15H27N5/c1-5-13-17-14(16)11(4)15(18-13)20-9-8-12(10-20)19(6-2)7-3/h12H,5-10H2,1-4H3,(H2,16,17,18). The van der Waals surface area contributed by atoms with Crippen molar-refractivity contribution in [3.8, 4) is 0 Å². The molecular formula is C15H27N5.